The van der Waals surface area contributed by atoms with E-state index in [9.17, 15) is 14.0 Å². The molecule has 1 aliphatic heterocycles. The summed E-state index contributed by atoms with van der Waals surface area (Å²) in [5.41, 5.74) is 2.04. The summed E-state index contributed by atoms with van der Waals surface area (Å²) in [6.07, 6.45) is 0.644. The summed E-state index contributed by atoms with van der Waals surface area (Å²) in [6, 6.07) is 7.69. The molecule has 0 radical (unpaired) electrons. The van der Waals surface area contributed by atoms with Crippen LogP contribution in [0.15, 0.2) is 30.3 Å². The van der Waals surface area contributed by atoms with Gasteiger partial charge in [0.25, 0.3) is 0 Å². The van der Waals surface area contributed by atoms with Gasteiger partial charge in [0.2, 0.25) is 0 Å². The maximum Gasteiger partial charge on any atom is 0.356 e. The highest BCUT2D eigenvalue weighted by atomic mass is 35.5. The average Bonchev–Trinajstić information content (AvgIpc) is 3.09. The molecule has 1 saturated heterocycles. The van der Waals surface area contributed by atoms with Crippen LogP contribution in [0.2, 0.25) is 5.02 Å². The molecule has 0 atom stereocenters. The number of esters is 1. The van der Waals surface area contributed by atoms with Gasteiger partial charge >= 0.3 is 5.97 Å². The molecule has 1 fully saturated rings. The Morgan fingerprint density at radius 3 is 2.72 bits per heavy atom. The molecule has 0 aliphatic carbocycles. The molecule has 3 heterocycles. The fourth-order valence-electron chi connectivity index (χ4n) is 3.57. The molecular formula is C20H18ClFN4O3. The normalized spacial score (nSPS) is 14.2. The highest BCUT2D eigenvalue weighted by molar-refractivity contribution is 6.34. The molecule has 0 amide bonds. The van der Waals surface area contributed by atoms with Crippen LogP contribution in [0.3, 0.4) is 0 Å². The van der Waals surface area contributed by atoms with Gasteiger partial charge in [-0.3, -0.25) is 4.79 Å². The number of aromatic nitrogens is 2. The van der Waals surface area contributed by atoms with Crippen LogP contribution in [0, 0.1) is 5.82 Å². The lowest BCUT2D eigenvalue weighted by molar-refractivity contribution is 0.0591. The van der Waals surface area contributed by atoms with E-state index in [-0.39, 0.29) is 16.9 Å². The molecule has 0 unspecified atom stereocenters. The molecule has 1 aliphatic rings. The molecule has 3 aromatic rings. The minimum absolute atomic E-state index is 0.159. The summed E-state index contributed by atoms with van der Waals surface area (Å²) >= 11 is 6.20. The number of methoxy groups -OCH3 is 1. The third kappa shape index (κ3) is 3.34. The number of carbonyl (C=O) groups excluding carboxylic acids is 2. The molecule has 4 rings (SSSR count). The highest BCUT2D eigenvalue weighted by Crippen LogP contribution is 2.33. The number of rotatable bonds is 4. The number of ether oxygens (including phenoxy) is 1. The van der Waals surface area contributed by atoms with Crippen molar-refractivity contribution in [3.05, 3.63) is 52.4 Å². The number of hydrogen-bond donors (Lipinski definition) is 1. The van der Waals surface area contributed by atoms with Crippen LogP contribution in [0.1, 0.15) is 20.8 Å². The molecule has 1 N–H and O–H groups in total. The minimum Gasteiger partial charge on any atom is -0.464 e. The lowest BCUT2D eigenvalue weighted by atomic mass is 10.0. The second-order valence-electron chi connectivity index (χ2n) is 6.60. The molecule has 29 heavy (non-hydrogen) atoms. The maximum atomic E-state index is 14.7. The monoisotopic (exact) mass is 416 g/mol. The lowest BCUT2D eigenvalue weighted by Crippen LogP contribution is -2.44. The van der Waals surface area contributed by atoms with Crippen LogP contribution in [-0.2, 0) is 4.74 Å². The second kappa shape index (κ2) is 7.81. The fraction of sp³-hybridized carbons (Fsp3) is 0.250. The standard InChI is InChI=1S/C20H18ClFN4O3/c1-29-20(28)18-10-14(21)17-5-4-16(24-26(17)18)12-2-3-15(22)19(13(12)11-27)25-8-6-23-7-9-25/h2-5,10-11,23H,6-9H2,1H3. The molecule has 0 saturated carbocycles. The zero-order valence-electron chi connectivity index (χ0n) is 15.6. The number of carbonyl (C=O) groups is 2. The van der Waals surface area contributed by atoms with Gasteiger partial charge in [0.15, 0.2) is 12.0 Å². The van der Waals surface area contributed by atoms with E-state index >= 15 is 0 Å². The summed E-state index contributed by atoms with van der Waals surface area (Å²) in [4.78, 5) is 25.9. The van der Waals surface area contributed by atoms with E-state index in [2.05, 4.69) is 10.4 Å². The Bertz CT molecular complexity index is 1110. The van der Waals surface area contributed by atoms with E-state index < -0.39 is 11.8 Å². The van der Waals surface area contributed by atoms with Gasteiger partial charge in [-0.1, -0.05) is 11.6 Å². The average molecular weight is 417 g/mol. The molecule has 7 nitrogen and oxygen atoms in total. The first kappa shape index (κ1) is 19.4. The van der Waals surface area contributed by atoms with Crippen molar-refractivity contribution in [2.75, 3.05) is 38.2 Å². The smallest absolute Gasteiger partial charge is 0.356 e. The van der Waals surface area contributed by atoms with E-state index in [0.29, 0.717) is 54.3 Å². The largest absolute Gasteiger partial charge is 0.464 e. The van der Waals surface area contributed by atoms with E-state index in [1.54, 1.807) is 12.1 Å². The van der Waals surface area contributed by atoms with E-state index in [1.807, 2.05) is 4.90 Å². The number of nitrogens with one attached hydrogen (secondary N) is 1. The van der Waals surface area contributed by atoms with Gasteiger partial charge in [0.1, 0.15) is 5.82 Å². The third-order valence-corrected chi connectivity index (χ3v) is 5.26. The fourth-order valence-corrected chi connectivity index (χ4v) is 3.82. The van der Waals surface area contributed by atoms with Crippen molar-refractivity contribution in [3.63, 3.8) is 0 Å². The van der Waals surface area contributed by atoms with Crippen molar-refractivity contribution in [2.45, 2.75) is 0 Å². The molecule has 9 heteroatoms. The van der Waals surface area contributed by atoms with Crippen molar-refractivity contribution in [2.24, 2.45) is 0 Å². The second-order valence-corrected chi connectivity index (χ2v) is 7.00. The first-order valence-electron chi connectivity index (χ1n) is 9.05. The van der Waals surface area contributed by atoms with Crippen LogP contribution >= 0.6 is 11.6 Å². The first-order valence-corrected chi connectivity index (χ1v) is 9.43. The molecular weight excluding hydrogens is 399 g/mol. The van der Waals surface area contributed by atoms with Crippen molar-refractivity contribution in [1.82, 2.24) is 14.9 Å². The van der Waals surface area contributed by atoms with Crippen LogP contribution in [-0.4, -0.2) is 55.2 Å². The Labute approximate surface area is 171 Å². The summed E-state index contributed by atoms with van der Waals surface area (Å²) in [7, 11) is 1.27. The maximum absolute atomic E-state index is 14.7. The number of aldehydes is 1. The predicted molar refractivity (Wildman–Crippen MR) is 107 cm³/mol. The van der Waals surface area contributed by atoms with Crippen LogP contribution in [0.25, 0.3) is 16.8 Å². The van der Waals surface area contributed by atoms with E-state index in [0.717, 1.165) is 0 Å². The number of hydrogen-bond acceptors (Lipinski definition) is 6. The molecule has 1 aromatic carbocycles. The van der Waals surface area contributed by atoms with E-state index in [1.165, 1.54) is 29.8 Å². The topological polar surface area (TPSA) is 75.9 Å². The predicted octanol–water partition coefficient (Wildman–Crippen LogP) is 2.80. The van der Waals surface area contributed by atoms with Crippen molar-refractivity contribution in [1.29, 1.82) is 0 Å². The van der Waals surface area contributed by atoms with Gasteiger partial charge in [-0.15, -0.1) is 0 Å². The van der Waals surface area contributed by atoms with Crippen LogP contribution < -0.4 is 10.2 Å². The van der Waals surface area contributed by atoms with Crippen molar-refractivity contribution < 1.29 is 18.7 Å². The Morgan fingerprint density at radius 1 is 1.28 bits per heavy atom. The highest BCUT2D eigenvalue weighted by Gasteiger charge is 2.23. The van der Waals surface area contributed by atoms with Crippen molar-refractivity contribution in [3.8, 4) is 11.3 Å². The Hall–Kier alpha value is -2.97. The first-order chi connectivity index (χ1) is 14.0. The van der Waals surface area contributed by atoms with Gasteiger partial charge in [-0.25, -0.2) is 13.7 Å². The lowest BCUT2D eigenvalue weighted by Gasteiger charge is -2.31. The molecule has 0 spiro atoms. The van der Waals surface area contributed by atoms with Gasteiger partial charge < -0.3 is 15.0 Å². The number of nitrogens with zero attached hydrogens (tertiary/aromatic N) is 3. The minimum atomic E-state index is -0.590. The number of fused-ring (bicyclic) bond motifs is 1. The molecule has 150 valence electrons. The summed E-state index contributed by atoms with van der Waals surface area (Å²) in [5.74, 6) is -1.05. The van der Waals surface area contributed by atoms with Crippen LogP contribution in [0.5, 0.6) is 0 Å². The Morgan fingerprint density at radius 2 is 2.03 bits per heavy atom. The SMILES string of the molecule is COC(=O)c1cc(Cl)c2ccc(-c3ccc(F)c(N4CCNCC4)c3C=O)nn12. The summed E-state index contributed by atoms with van der Waals surface area (Å²) < 4.78 is 20.8. The van der Waals surface area contributed by atoms with Gasteiger partial charge in [-0.2, -0.15) is 5.10 Å². The van der Waals surface area contributed by atoms with Crippen molar-refractivity contribution >= 4 is 35.1 Å². The Balaban J connectivity index is 1.89. The number of anilines is 1. The summed E-state index contributed by atoms with van der Waals surface area (Å²) in [5, 5.41) is 8.03. The summed E-state index contributed by atoms with van der Waals surface area (Å²) in [6.45, 7) is 2.59. The zero-order chi connectivity index (χ0) is 20.5. The third-order valence-electron chi connectivity index (χ3n) is 4.96. The molecule has 2 aromatic heterocycles. The zero-order valence-corrected chi connectivity index (χ0v) is 16.4. The van der Waals surface area contributed by atoms with Crippen LogP contribution in [0.4, 0.5) is 10.1 Å². The quantitative estimate of drug-likeness (QED) is 0.520. The Kier molecular flexibility index (Phi) is 5.21. The van der Waals surface area contributed by atoms with Gasteiger partial charge in [-0.05, 0) is 30.3 Å². The van der Waals surface area contributed by atoms with E-state index in [4.69, 9.17) is 16.3 Å². The number of halogens is 2. The molecule has 0 bridgehead atoms. The number of piperazine rings is 1. The number of benzene rings is 1. The van der Waals surface area contributed by atoms with Gasteiger partial charge in [0, 0.05) is 31.7 Å². The van der Waals surface area contributed by atoms with Gasteiger partial charge in [0.05, 0.1) is 34.6 Å².